The number of nitrogens with zero attached hydrogens (tertiary/aromatic N) is 2. The van der Waals surface area contributed by atoms with Gasteiger partial charge in [-0.1, -0.05) is 78.9 Å². The van der Waals surface area contributed by atoms with Gasteiger partial charge in [-0.3, -0.25) is 9.36 Å². The summed E-state index contributed by atoms with van der Waals surface area (Å²) in [4.78, 5) is 32.0. The molecule has 0 fully saturated rings. The van der Waals surface area contributed by atoms with E-state index < -0.39 is 12.0 Å². The normalized spacial score (nSPS) is 15.6. The van der Waals surface area contributed by atoms with Crippen LogP contribution >= 0.6 is 11.3 Å². The Hall–Kier alpha value is -3.97. The van der Waals surface area contributed by atoms with Crippen LogP contribution in [0.5, 0.6) is 5.75 Å². The summed E-state index contributed by atoms with van der Waals surface area (Å²) < 4.78 is 12.8. The van der Waals surface area contributed by atoms with Crippen LogP contribution in [0, 0.1) is 0 Å². The molecule has 1 aliphatic heterocycles. The Morgan fingerprint density at radius 1 is 1.03 bits per heavy atom. The zero-order valence-electron chi connectivity index (χ0n) is 19.6. The first kappa shape index (κ1) is 22.8. The van der Waals surface area contributed by atoms with Crippen molar-refractivity contribution in [2.75, 3.05) is 14.2 Å². The molecule has 1 aliphatic rings. The van der Waals surface area contributed by atoms with Crippen molar-refractivity contribution in [3.8, 4) is 5.75 Å². The number of hydrogen-bond acceptors (Lipinski definition) is 6. The van der Waals surface area contributed by atoms with E-state index in [2.05, 4.69) is 0 Å². The fourth-order valence-electron chi connectivity index (χ4n) is 4.55. The fraction of sp³-hybridized carbons (Fsp3) is 0.179. The number of hydrogen-bond donors (Lipinski definition) is 0. The van der Waals surface area contributed by atoms with Crippen LogP contribution in [0.25, 0.3) is 16.8 Å². The van der Waals surface area contributed by atoms with Crippen molar-refractivity contribution in [3.63, 3.8) is 0 Å². The van der Waals surface area contributed by atoms with Gasteiger partial charge in [0.25, 0.3) is 5.56 Å². The number of allylic oxidation sites excluding steroid dienone is 1. The van der Waals surface area contributed by atoms with Gasteiger partial charge in [0.05, 0.1) is 36.1 Å². The number of esters is 1. The summed E-state index contributed by atoms with van der Waals surface area (Å²) in [5.41, 5.74) is 2.57. The molecule has 6 nitrogen and oxygen atoms in total. The maximum absolute atomic E-state index is 13.8. The number of carbonyl (C=O) groups is 1. The first-order valence-electron chi connectivity index (χ1n) is 11.3. The molecule has 176 valence electrons. The average Bonchev–Trinajstić information content (AvgIpc) is 3.22. The highest BCUT2D eigenvalue weighted by Gasteiger charge is 2.33. The van der Waals surface area contributed by atoms with Gasteiger partial charge in [-0.05, 0) is 35.1 Å². The minimum absolute atomic E-state index is 0.195. The standard InChI is InChI=1S/C28H24N2O4S/c1-4-21-24(27(32)34-3)25(17-10-6-5-7-11-17)30-26(31)23(35-28(30)29-21)16-18-14-15-22(33-2)20-13-9-8-12-19(18)20/h5-16,25H,4H2,1-3H3/b23-16-/t25-/m1/s1. The summed E-state index contributed by atoms with van der Waals surface area (Å²) in [6, 6.07) is 20.7. The van der Waals surface area contributed by atoms with E-state index >= 15 is 0 Å². The Balaban J connectivity index is 1.78. The number of aromatic nitrogens is 1. The first-order valence-corrected chi connectivity index (χ1v) is 12.1. The van der Waals surface area contributed by atoms with Gasteiger partial charge in [0.1, 0.15) is 5.75 Å². The second kappa shape index (κ2) is 9.35. The van der Waals surface area contributed by atoms with E-state index in [9.17, 15) is 9.59 Å². The molecule has 1 aromatic heterocycles. The predicted molar refractivity (Wildman–Crippen MR) is 137 cm³/mol. The average molecular weight is 485 g/mol. The zero-order chi connectivity index (χ0) is 24.5. The largest absolute Gasteiger partial charge is 0.496 e. The number of thiazole rings is 1. The number of methoxy groups -OCH3 is 2. The van der Waals surface area contributed by atoms with E-state index in [1.54, 1.807) is 11.7 Å². The lowest BCUT2D eigenvalue weighted by Crippen LogP contribution is -2.40. The Morgan fingerprint density at radius 3 is 2.43 bits per heavy atom. The molecule has 4 aromatic rings. The van der Waals surface area contributed by atoms with Crippen molar-refractivity contribution >= 4 is 34.2 Å². The molecule has 0 radical (unpaired) electrons. The summed E-state index contributed by atoms with van der Waals surface area (Å²) in [7, 11) is 3.00. The summed E-state index contributed by atoms with van der Waals surface area (Å²) in [6.45, 7) is 1.95. The van der Waals surface area contributed by atoms with Gasteiger partial charge in [0, 0.05) is 5.39 Å². The van der Waals surface area contributed by atoms with Gasteiger partial charge in [0.15, 0.2) is 4.80 Å². The summed E-state index contributed by atoms with van der Waals surface area (Å²) in [5.74, 6) is 0.300. The number of ether oxygens (including phenoxy) is 2. The molecule has 2 heterocycles. The lowest BCUT2D eigenvalue weighted by Gasteiger charge is -2.25. The molecule has 0 aliphatic carbocycles. The molecule has 0 N–H and O–H groups in total. The minimum atomic E-state index is -0.607. The SMILES string of the molecule is CCC1=C(C(=O)OC)[C@@H](c2ccccc2)n2c(s/c(=C\c3ccc(OC)c4ccccc34)c2=O)=N1. The van der Waals surface area contributed by atoms with Crippen molar-refractivity contribution in [2.45, 2.75) is 19.4 Å². The van der Waals surface area contributed by atoms with Crippen LogP contribution in [0.3, 0.4) is 0 Å². The monoisotopic (exact) mass is 484 g/mol. The van der Waals surface area contributed by atoms with E-state index in [-0.39, 0.29) is 5.56 Å². The Bertz CT molecular complexity index is 1650. The third-order valence-electron chi connectivity index (χ3n) is 6.19. The van der Waals surface area contributed by atoms with Gasteiger partial charge in [-0.15, -0.1) is 0 Å². The van der Waals surface area contributed by atoms with E-state index in [1.165, 1.54) is 18.4 Å². The highest BCUT2D eigenvalue weighted by molar-refractivity contribution is 7.07. The summed E-state index contributed by atoms with van der Waals surface area (Å²) >= 11 is 1.32. The van der Waals surface area contributed by atoms with Crippen LogP contribution in [0.4, 0.5) is 0 Å². The highest BCUT2D eigenvalue weighted by atomic mass is 32.1. The first-order chi connectivity index (χ1) is 17.1. The van der Waals surface area contributed by atoms with Crippen LogP contribution in [0.15, 0.2) is 87.8 Å². The van der Waals surface area contributed by atoms with Crippen LogP contribution in [-0.4, -0.2) is 24.8 Å². The second-order valence-corrected chi connectivity index (χ2v) is 9.11. The molecule has 3 aromatic carbocycles. The maximum atomic E-state index is 13.8. The zero-order valence-corrected chi connectivity index (χ0v) is 20.5. The van der Waals surface area contributed by atoms with Gasteiger partial charge in [-0.25, -0.2) is 9.79 Å². The van der Waals surface area contributed by atoms with E-state index in [4.69, 9.17) is 14.5 Å². The van der Waals surface area contributed by atoms with E-state index in [0.717, 1.165) is 27.6 Å². The molecule has 7 heteroatoms. The van der Waals surface area contributed by atoms with Gasteiger partial charge < -0.3 is 9.47 Å². The van der Waals surface area contributed by atoms with Crippen molar-refractivity contribution in [1.29, 1.82) is 0 Å². The quantitative estimate of drug-likeness (QED) is 0.402. The second-order valence-electron chi connectivity index (χ2n) is 8.10. The molecule has 35 heavy (non-hydrogen) atoms. The lowest BCUT2D eigenvalue weighted by atomic mass is 9.95. The number of carbonyl (C=O) groups excluding carboxylic acids is 1. The molecule has 0 unspecified atom stereocenters. The summed E-state index contributed by atoms with van der Waals surface area (Å²) in [6.07, 6.45) is 2.43. The molecule has 0 bridgehead atoms. The van der Waals surface area contributed by atoms with Gasteiger partial charge >= 0.3 is 5.97 Å². The smallest absolute Gasteiger partial charge is 0.338 e. The third kappa shape index (κ3) is 3.88. The van der Waals surface area contributed by atoms with Crippen molar-refractivity contribution in [1.82, 2.24) is 4.57 Å². The van der Waals surface area contributed by atoms with Crippen LogP contribution in [-0.2, 0) is 9.53 Å². The van der Waals surface area contributed by atoms with E-state index in [1.807, 2.05) is 79.7 Å². The fourth-order valence-corrected chi connectivity index (χ4v) is 5.57. The van der Waals surface area contributed by atoms with Crippen molar-refractivity contribution in [2.24, 2.45) is 4.99 Å². The molecule has 5 rings (SSSR count). The third-order valence-corrected chi connectivity index (χ3v) is 7.17. The molecule has 0 saturated carbocycles. The topological polar surface area (TPSA) is 69.9 Å². The lowest BCUT2D eigenvalue weighted by molar-refractivity contribution is -0.136. The Morgan fingerprint density at radius 2 is 1.74 bits per heavy atom. The van der Waals surface area contributed by atoms with Crippen LogP contribution in [0.1, 0.15) is 30.5 Å². The van der Waals surface area contributed by atoms with Crippen molar-refractivity contribution in [3.05, 3.63) is 109 Å². The molecule has 0 spiro atoms. The summed E-state index contributed by atoms with van der Waals surface area (Å²) in [5, 5.41) is 1.96. The van der Waals surface area contributed by atoms with Crippen LogP contribution < -0.4 is 19.6 Å². The molecular weight excluding hydrogens is 460 g/mol. The van der Waals surface area contributed by atoms with Gasteiger partial charge in [-0.2, -0.15) is 0 Å². The molecular formula is C28H24N2O4S. The van der Waals surface area contributed by atoms with Crippen molar-refractivity contribution < 1.29 is 14.3 Å². The molecule has 1 atom stereocenters. The number of fused-ring (bicyclic) bond motifs is 2. The number of benzene rings is 3. The Labute approximate surface area is 206 Å². The van der Waals surface area contributed by atoms with Crippen LogP contribution in [0.2, 0.25) is 0 Å². The van der Waals surface area contributed by atoms with E-state index in [0.29, 0.717) is 27.0 Å². The maximum Gasteiger partial charge on any atom is 0.338 e. The Kier molecular flexibility index (Phi) is 6.09. The highest BCUT2D eigenvalue weighted by Crippen LogP contribution is 2.32. The predicted octanol–water partition coefficient (Wildman–Crippen LogP) is 3.96. The number of rotatable bonds is 5. The molecule has 0 saturated heterocycles. The molecule has 0 amide bonds. The van der Waals surface area contributed by atoms with Gasteiger partial charge in [0.2, 0.25) is 0 Å². The minimum Gasteiger partial charge on any atom is -0.496 e.